The second-order valence-corrected chi connectivity index (χ2v) is 6.17. The van der Waals surface area contributed by atoms with Gasteiger partial charge in [-0.15, -0.1) is 0 Å². The smallest absolute Gasteiger partial charge is 0.253 e. The zero-order valence-corrected chi connectivity index (χ0v) is 14.1. The third-order valence-corrected chi connectivity index (χ3v) is 4.45. The van der Waals surface area contributed by atoms with Gasteiger partial charge in [0.15, 0.2) is 0 Å². The topological polar surface area (TPSA) is 73.7 Å². The number of rotatable bonds is 5. The van der Waals surface area contributed by atoms with Gasteiger partial charge in [-0.3, -0.25) is 14.6 Å². The first-order valence-corrected chi connectivity index (χ1v) is 8.24. The van der Waals surface area contributed by atoms with Gasteiger partial charge in [0, 0.05) is 44.6 Å². The highest BCUT2D eigenvalue weighted by atomic mass is 16.3. The van der Waals surface area contributed by atoms with Crippen LogP contribution in [0.15, 0.2) is 48.8 Å². The van der Waals surface area contributed by atoms with Gasteiger partial charge in [-0.1, -0.05) is 24.3 Å². The summed E-state index contributed by atoms with van der Waals surface area (Å²) >= 11 is 0. The maximum absolute atomic E-state index is 13.2. The summed E-state index contributed by atoms with van der Waals surface area (Å²) in [5.74, 6) is -0.590. The van der Waals surface area contributed by atoms with Crippen molar-refractivity contribution >= 4 is 11.8 Å². The van der Waals surface area contributed by atoms with E-state index >= 15 is 0 Å². The van der Waals surface area contributed by atoms with Gasteiger partial charge in [-0.2, -0.15) is 0 Å². The molecule has 1 N–H and O–H groups in total. The monoisotopic (exact) mass is 339 g/mol. The van der Waals surface area contributed by atoms with E-state index in [0.29, 0.717) is 18.7 Å². The number of aliphatic hydroxyl groups excluding tert-OH is 1. The van der Waals surface area contributed by atoms with Crippen molar-refractivity contribution in [2.45, 2.75) is 12.5 Å². The Balaban J connectivity index is 1.89. The number of benzene rings is 1. The Morgan fingerprint density at radius 2 is 2.12 bits per heavy atom. The standard InChI is InChI=1S/C19H21N3O3/c1-21-13-17(15-6-2-3-7-16(15)18(21)24)19(25)22(9-10-23)12-14-5-4-8-20-11-14/h2-8,11,17,23H,9-10,12-13H2,1H3. The molecule has 25 heavy (non-hydrogen) atoms. The Hall–Kier alpha value is -2.73. The summed E-state index contributed by atoms with van der Waals surface area (Å²) in [6.07, 6.45) is 3.39. The van der Waals surface area contributed by atoms with Crippen LogP contribution in [0.1, 0.15) is 27.4 Å². The summed E-state index contributed by atoms with van der Waals surface area (Å²) in [7, 11) is 1.70. The fourth-order valence-corrected chi connectivity index (χ4v) is 3.19. The highest BCUT2D eigenvalue weighted by Crippen LogP contribution is 2.29. The maximum Gasteiger partial charge on any atom is 0.253 e. The minimum Gasteiger partial charge on any atom is -0.395 e. The predicted molar refractivity (Wildman–Crippen MR) is 92.9 cm³/mol. The van der Waals surface area contributed by atoms with Crippen LogP contribution < -0.4 is 0 Å². The van der Waals surface area contributed by atoms with E-state index in [1.54, 1.807) is 41.4 Å². The van der Waals surface area contributed by atoms with E-state index in [2.05, 4.69) is 4.98 Å². The highest BCUT2D eigenvalue weighted by Gasteiger charge is 2.35. The molecule has 130 valence electrons. The molecular formula is C19H21N3O3. The van der Waals surface area contributed by atoms with Crippen molar-refractivity contribution in [1.29, 1.82) is 0 Å². The highest BCUT2D eigenvalue weighted by molar-refractivity contribution is 6.00. The van der Waals surface area contributed by atoms with Gasteiger partial charge in [0.25, 0.3) is 5.91 Å². The molecule has 0 bridgehead atoms. The Labute approximate surface area is 146 Å². The average Bonchev–Trinajstić information content (AvgIpc) is 2.65. The Morgan fingerprint density at radius 1 is 1.32 bits per heavy atom. The molecule has 2 amide bonds. The molecule has 1 atom stereocenters. The first kappa shape index (κ1) is 17.1. The molecule has 0 radical (unpaired) electrons. The number of likely N-dealkylation sites (N-methyl/N-ethyl adjacent to an activating group) is 1. The molecule has 0 spiro atoms. The number of hydrogen-bond acceptors (Lipinski definition) is 4. The van der Waals surface area contributed by atoms with Crippen molar-refractivity contribution in [1.82, 2.24) is 14.8 Å². The van der Waals surface area contributed by atoms with Crippen molar-refractivity contribution in [3.8, 4) is 0 Å². The van der Waals surface area contributed by atoms with Crippen molar-refractivity contribution in [2.24, 2.45) is 0 Å². The zero-order chi connectivity index (χ0) is 17.8. The fourth-order valence-electron chi connectivity index (χ4n) is 3.19. The minimum absolute atomic E-state index is 0.0689. The number of carbonyl (C=O) groups excluding carboxylic acids is 2. The number of aromatic nitrogens is 1. The first-order valence-electron chi connectivity index (χ1n) is 8.24. The molecule has 3 rings (SSSR count). The molecule has 1 aromatic carbocycles. The molecule has 1 unspecified atom stereocenters. The molecule has 2 heterocycles. The van der Waals surface area contributed by atoms with Crippen LogP contribution in [0.2, 0.25) is 0 Å². The zero-order valence-electron chi connectivity index (χ0n) is 14.1. The number of amides is 2. The predicted octanol–water partition coefficient (Wildman–Crippen LogP) is 1.27. The van der Waals surface area contributed by atoms with Crippen LogP contribution in [-0.2, 0) is 11.3 Å². The molecule has 1 aliphatic rings. The van der Waals surface area contributed by atoms with Gasteiger partial charge in [-0.25, -0.2) is 0 Å². The van der Waals surface area contributed by atoms with Gasteiger partial charge < -0.3 is 14.9 Å². The average molecular weight is 339 g/mol. The molecule has 0 saturated heterocycles. The summed E-state index contributed by atoms with van der Waals surface area (Å²) in [5.41, 5.74) is 2.22. The molecule has 0 fully saturated rings. The number of carbonyl (C=O) groups is 2. The molecule has 1 aromatic heterocycles. The summed E-state index contributed by atoms with van der Waals surface area (Å²) in [4.78, 5) is 32.8. The van der Waals surface area contributed by atoms with Gasteiger partial charge >= 0.3 is 0 Å². The van der Waals surface area contributed by atoms with Crippen LogP contribution in [0.4, 0.5) is 0 Å². The molecule has 0 aliphatic carbocycles. The number of hydrogen-bond donors (Lipinski definition) is 1. The normalized spacial score (nSPS) is 16.5. The third kappa shape index (κ3) is 3.53. The molecule has 6 heteroatoms. The van der Waals surface area contributed by atoms with E-state index in [1.165, 1.54) is 0 Å². The van der Waals surface area contributed by atoms with Crippen molar-refractivity contribution < 1.29 is 14.7 Å². The largest absolute Gasteiger partial charge is 0.395 e. The molecule has 1 aliphatic heterocycles. The van der Waals surface area contributed by atoms with Gasteiger partial charge in [0.05, 0.1) is 12.5 Å². The van der Waals surface area contributed by atoms with Crippen LogP contribution in [0.5, 0.6) is 0 Å². The number of aliphatic hydroxyl groups is 1. The second-order valence-electron chi connectivity index (χ2n) is 6.17. The lowest BCUT2D eigenvalue weighted by Crippen LogP contribution is -2.45. The number of fused-ring (bicyclic) bond motifs is 1. The van der Waals surface area contributed by atoms with Crippen LogP contribution >= 0.6 is 0 Å². The lowest BCUT2D eigenvalue weighted by molar-refractivity contribution is -0.134. The molecule has 6 nitrogen and oxygen atoms in total. The summed E-state index contributed by atoms with van der Waals surface area (Å²) in [6.45, 7) is 0.840. The van der Waals surface area contributed by atoms with Crippen LogP contribution in [0.25, 0.3) is 0 Å². The Morgan fingerprint density at radius 3 is 2.84 bits per heavy atom. The van der Waals surface area contributed by atoms with E-state index in [0.717, 1.165) is 11.1 Å². The SMILES string of the molecule is CN1CC(C(=O)N(CCO)Cc2cccnc2)c2ccccc2C1=O. The lowest BCUT2D eigenvalue weighted by Gasteiger charge is -2.34. The Bertz CT molecular complexity index is 764. The van der Waals surface area contributed by atoms with E-state index < -0.39 is 5.92 Å². The first-order chi connectivity index (χ1) is 12.1. The minimum atomic E-state index is -0.429. The van der Waals surface area contributed by atoms with Crippen molar-refractivity contribution in [3.05, 3.63) is 65.5 Å². The molecule has 2 aromatic rings. The lowest BCUT2D eigenvalue weighted by atomic mass is 9.88. The Kier molecular flexibility index (Phi) is 5.09. The van der Waals surface area contributed by atoms with Gasteiger partial charge in [0.1, 0.15) is 0 Å². The van der Waals surface area contributed by atoms with Gasteiger partial charge in [-0.05, 0) is 23.3 Å². The third-order valence-electron chi connectivity index (χ3n) is 4.45. The van der Waals surface area contributed by atoms with Crippen LogP contribution in [0.3, 0.4) is 0 Å². The quantitative estimate of drug-likeness (QED) is 0.890. The molecular weight excluding hydrogens is 318 g/mol. The fraction of sp³-hybridized carbons (Fsp3) is 0.316. The van der Waals surface area contributed by atoms with Crippen molar-refractivity contribution in [2.75, 3.05) is 26.7 Å². The van der Waals surface area contributed by atoms with Crippen molar-refractivity contribution in [3.63, 3.8) is 0 Å². The molecule has 0 saturated carbocycles. The van der Waals surface area contributed by atoms with E-state index in [1.807, 2.05) is 24.3 Å². The summed E-state index contributed by atoms with van der Waals surface area (Å²) in [5, 5.41) is 9.38. The summed E-state index contributed by atoms with van der Waals surface area (Å²) < 4.78 is 0. The summed E-state index contributed by atoms with van der Waals surface area (Å²) in [6, 6.07) is 11.0. The number of pyridine rings is 1. The van der Waals surface area contributed by atoms with E-state index in [-0.39, 0.29) is 25.0 Å². The van der Waals surface area contributed by atoms with Crippen LogP contribution in [-0.4, -0.2) is 58.4 Å². The van der Waals surface area contributed by atoms with E-state index in [9.17, 15) is 14.7 Å². The van der Waals surface area contributed by atoms with Gasteiger partial charge in [0.2, 0.25) is 5.91 Å². The van der Waals surface area contributed by atoms with Crippen LogP contribution in [0, 0.1) is 0 Å². The number of nitrogens with zero attached hydrogens (tertiary/aromatic N) is 3. The van der Waals surface area contributed by atoms with E-state index in [4.69, 9.17) is 0 Å². The second kappa shape index (κ2) is 7.44. The maximum atomic E-state index is 13.2.